The molecule has 0 heterocycles. The Hall–Kier alpha value is -0.300. The average Bonchev–Trinajstić information content (AvgIpc) is 2.36. The lowest BCUT2D eigenvalue weighted by atomic mass is 9.78. The monoisotopic (exact) mass is 153 g/mol. The van der Waals surface area contributed by atoms with Crippen LogP contribution in [0.5, 0.6) is 0 Å². The van der Waals surface area contributed by atoms with Crippen molar-refractivity contribution < 1.29 is 0 Å². The van der Waals surface area contributed by atoms with Crippen molar-refractivity contribution in [2.24, 2.45) is 17.1 Å². The maximum absolute atomic E-state index is 5.78. The van der Waals surface area contributed by atoms with E-state index in [-0.39, 0.29) is 0 Å². The van der Waals surface area contributed by atoms with Crippen molar-refractivity contribution >= 4 is 0 Å². The van der Waals surface area contributed by atoms with E-state index in [0.717, 1.165) is 12.5 Å². The van der Waals surface area contributed by atoms with Crippen LogP contribution in [0.25, 0.3) is 0 Å². The lowest BCUT2D eigenvalue weighted by Crippen LogP contribution is -2.29. The topological polar surface area (TPSA) is 26.0 Å². The third kappa shape index (κ3) is 2.06. The van der Waals surface area contributed by atoms with Gasteiger partial charge in [-0.2, -0.15) is 0 Å². The molecule has 1 rings (SSSR count). The Morgan fingerprint density at radius 3 is 2.27 bits per heavy atom. The normalized spacial score (nSPS) is 21.5. The number of allylic oxidation sites excluding steroid dienone is 2. The van der Waals surface area contributed by atoms with Gasteiger partial charge in [-0.25, -0.2) is 0 Å². The first-order valence-electron chi connectivity index (χ1n) is 4.54. The van der Waals surface area contributed by atoms with Gasteiger partial charge in [0.1, 0.15) is 0 Å². The van der Waals surface area contributed by atoms with Crippen LogP contribution in [0.3, 0.4) is 0 Å². The minimum atomic E-state index is 0.425. The molecule has 64 valence electrons. The van der Waals surface area contributed by atoms with E-state index in [0.29, 0.717) is 5.41 Å². The van der Waals surface area contributed by atoms with Crippen LogP contribution in [-0.2, 0) is 0 Å². The van der Waals surface area contributed by atoms with Crippen LogP contribution in [0.15, 0.2) is 12.2 Å². The first-order chi connectivity index (χ1) is 5.18. The van der Waals surface area contributed by atoms with Crippen molar-refractivity contribution in [1.82, 2.24) is 0 Å². The molecule has 11 heavy (non-hydrogen) atoms. The Kier molecular flexibility index (Phi) is 2.72. The Labute approximate surface area is 69.7 Å². The number of hydrogen-bond acceptors (Lipinski definition) is 1. The van der Waals surface area contributed by atoms with Crippen LogP contribution in [0.4, 0.5) is 0 Å². The third-order valence-corrected chi connectivity index (χ3v) is 2.54. The molecule has 0 aromatic carbocycles. The molecule has 0 atom stereocenters. The minimum absolute atomic E-state index is 0.425. The van der Waals surface area contributed by atoms with E-state index < -0.39 is 0 Å². The molecule has 0 spiro atoms. The largest absolute Gasteiger partial charge is 0.330 e. The molecule has 1 nitrogen and oxygen atoms in total. The van der Waals surface area contributed by atoms with Gasteiger partial charge in [0, 0.05) is 0 Å². The van der Waals surface area contributed by atoms with Crippen LogP contribution >= 0.6 is 0 Å². The van der Waals surface area contributed by atoms with Crippen molar-refractivity contribution in [2.75, 3.05) is 6.54 Å². The first-order valence-corrected chi connectivity index (χ1v) is 4.54. The van der Waals surface area contributed by atoms with E-state index in [1.807, 2.05) is 0 Å². The summed E-state index contributed by atoms with van der Waals surface area (Å²) in [6.07, 6.45) is 8.21. The van der Waals surface area contributed by atoms with Crippen molar-refractivity contribution in [1.29, 1.82) is 0 Å². The predicted molar refractivity (Wildman–Crippen MR) is 49.3 cm³/mol. The molecule has 0 aromatic rings. The lowest BCUT2D eigenvalue weighted by molar-refractivity contribution is 0.255. The molecule has 1 heteroatoms. The predicted octanol–water partition coefficient (Wildman–Crippen LogP) is 2.33. The zero-order valence-electron chi connectivity index (χ0n) is 7.64. The molecule has 0 saturated heterocycles. The van der Waals surface area contributed by atoms with Gasteiger partial charge in [0.05, 0.1) is 0 Å². The Balaban J connectivity index is 2.48. The quantitative estimate of drug-likeness (QED) is 0.619. The molecular weight excluding hydrogens is 134 g/mol. The van der Waals surface area contributed by atoms with E-state index >= 15 is 0 Å². The van der Waals surface area contributed by atoms with Crippen molar-refractivity contribution in [2.45, 2.75) is 33.1 Å². The zero-order valence-corrected chi connectivity index (χ0v) is 7.64. The van der Waals surface area contributed by atoms with Gasteiger partial charge in [-0.3, -0.25) is 0 Å². The molecule has 0 amide bonds. The summed E-state index contributed by atoms with van der Waals surface area (Å²) >= 11 is 0. The second kappa shape index (κ2) is 3.40. The molecule has 0 bridgehead atoms. The number of rotatable bonds is 3. The van der Waals surface area contributed by atoms with Crippen LogP contribution in [0.2, 0.25) is 0 Å². The van der Waals surface area contributed by atoms with Gasteiger partial charge in [0.25, 0.3) is 0 Å². The molecule has 0 aliphatic heterocycles. The second-order valence-electron chi connectivity index (χ2n) is 4.18. The van der Waals surface area contributed by atoms with Gasteiger partial charge in [0.15, 0.2) is 0 Å². The summed E-state index contributed by atoms with van der Waals surface area (Å²) in [4.78, 5) is 0. The highest BCUT2D eigenvalue weighted by Gasteiger charge is 2.29. The maximum atomic E-state index is 5.78. The fourth-order valence-electron chi connectivity index (χ4n) is 2.03. The van der Waals surface area contributed by atoms with E-state index in [1.165, 1.54) is 19.3 Å². The summed E-state index contributed by atoms with van der Waals surface area (Å²) < 4.78 is 0. The highest BCUT2D eigenvalue weighted by Crippen LogP contribution is 2.37. The molecule has 0 saturated carbocycles. The van der Waals surface area contributed by atoms with Crippen LogP contribution in [0.1, 0.15) is 33.1 Å². The molecule has 2 N–H and O–H groups in total. The SMILES string of the molecule is CC(C)CC1(CN)CC=CC1. The van der Waals surface area contributed by atoms with Crippen LogP contribution < -0.4 is 5.73 Å². The van der Waals surface area contributed by atoms with E-state index in [1.54, 1.807) is 0 Å². The average molecular weight is 153 g/mol. The standard InChI is InChI=1S/C10H19N/c1-9(2)7-10(8-11)5-3-4-6-10/h3-4,9H,5-8,11H2,1-2H3. The molecule has 1 aliphatic rings. The van der Waals surface area contributed by atoms with Gasteiger partial charge in [-0.15, -0.1) is 0 Å². The Bertz CT molecular complexity index is 139. The van der Waals surface area contributed by atoms with Gasteiger partial charge in [-0.05, 0) is 37.1 Å². The van der Waals surface area contributed by atoms with Gasteiger partial charge < -0.3 is 5.73 Å². The molecule has 0 radical (unpaired) electrons. The van der Waals surface area contributed by atoms with Gasteiger partial charge in [0.2, 0.25) is 0 Å². The highest BCUT2D eigenvalue weighted by atomic mass is 14.6. The smallest absolute Gasteiger partial charge is 0.00145 e. The van der Waals surface area contributed by atoms with Crippen LogP contribution in [0, 0.1) is 11.3 Å². The highest BCUT2D eigenvalue weighted by molar-refractivity contribution is 5.03. The minimum Gasteiger partial charge on any atom is -0.330 e. The summed E-state index contributed by atoms with van der Waals surface area (Å²) in [5.74, 6) is 0.776. The fraction of sp³-hybridized carbons (Fsp3) is 0.800. The number of hydrogen-bond donors (Lipinski definition) is 1. The number of nitrogens with two attached hydrogens (primary N) is 1. The Morgan fingerprint density at radius 2 is 1.91 bits per heavy atom. The van der Waals surface area contributed by atoms with Crippen molar-refractivity contribution in [3.8, 4) is 0 Å². The lowest BCUT2D eigenvalue weighted by Gasteiger charge is -2.29. The van der Waals surface area contributed by atoms with Gasteiger partial charge >= 0.3 is 0 Å². The molecule has 0 aromatic heterocycles. The van der Waals surface area contributed by atoms with E-state index in [4.69, 9.17) is 5.73 Å². The Morgan fingerprint density at radius 1 is 1.36 bits per heavy atom. The van der Waals surface area contributed by atoms with E-state index in [2.05, 4.69) is 26.0 Å². The summed E-state index contributed by atoms with van der Waals surface area (Å²) in [5.41, 5.74) is 6.20. The fourth-order valence-corrected chi connectivity index (χ4v) is 2.03. The second-order valence-corrected chi connectivity index (χ2v) is 4.18. The van der Waals surface area contributed by atoms with Crippen molar-refractivity contribution in [3.05, 3.63) is 12.2 Å². The maximum Gasteiger partial charge on any atom is -0.00145 e. The van der Waals surface area contributed by atoms with Gasteiger partial charge in [-0.1, -0.05) is 26.0 Å². The first kappa shape index (κ1) is 8.79. The van der Waals surface area contributed by atoms with E-state index in [9.17, 15) is 0 Å². The zero-order chi connectivity index (χ0) is 8.32. The summed E-state index contributed by atoms with van der Waals surface area (Å²) in [6, 6.07) is 0. The molecular formula is C10H19N. The van der Waals surface area contributed by atoms with Crippen molar-refractivity contribution in [3.63, 3.8) is 0 Å². The molecule has 1 aliphatic carbocycles. The van der Waals surface area contributed by atoms with Crippen LogP contribution in [-0.4, -0.2) is 6.54 Å². The third-order valence-electron chi connectivity index (χ3n) is 2.54. The molecule has 0 fully saturated rings. The summed E-state index contributed by atoms with van der Waals surface area (Å²) in [5, 5.41) is 0. The molecule has 0 unspecified atom stereocenters. The summed E-state index contributed by atoms with van der Waals surface area (Å²) in [7, 11) is 0. The summed E-state index contributed by atoms with van der Waals surface area (Å²) in [6.45, 7) is 5.39.